The van der Waals surface area contributed by atoms with Gasteiger partial charge in [0.25, 0.3) is 0 Å². The van der Waals surface area contributed by atoms with Crippen LogP contribution in [0.25, 0.3) is 0 Å². The molecule has 1 fully saturated rings. The van der Waals surface area contributed by atoms with Crippen molar-refractivity contribution in [3.63, 3.8) is 0 Å². The van der Waals surface area contributed by atoms with Crippen LogP contribution < -0.4 is 9.64 Å². The molecule has 0 saturated carbocycles. The fourth-order valence-corrected chi connectivity index (χ4v) is 3.42. The highest BCUT2D eigenvalue weighted by atomic mass is 32.2. The molecule has 5 heteroatoms. The van der Waals surface area contributed by atoms with Crippen LogP contribution in [0.4, 0.5) is 5.82 Å². The van der Waals surface area contributed by atoms with Crippen LogP contribution >= 0.6 is 11.8 Å². The van der Waals surface area contributed by atoms with Crippen LogP contribution in [-0.2, 0) is 4.74 Å². The third kappa shape index (κ3) is 1.95. The van der Waals surface area contributed by atoms with Crippen molar-refractivity contribution < 1.29 is 9.47 Å². The molecule has 0 N–H and O–H groups in total. The van der Waals surface area contributed by atoms with Crippen molar-refractivity contribution >= 4 is 17.6 Å². The van der Waals surface area contributed by atoms with Crippen LogP contribution in [-0.4, -0.2) is 44.1 Å². The van der Waals surface area contributed by atoms with Gasteiger partial charge in [-0.15, -0.1) is 11.8 Å². The molecule has 2 atom stereocenters. The number of anilines is 1. The second kappa shape index (κ2) is 4.97. The van der Waals surface area contributed by atoms with E-state index in [0.29, 0.717) is 12.0 Å². The lowest BCUT2D eigenvalue weighted by Gasteiger charge is -2.33. The van der Waals surface area contributed by atoms with Crippen molar-refractivity contribution in [2.75, 3.05) is 38.0 Å². The molecular formula is C13H18N2O2S. The Bertz CT molecular complexity index is 441. The molecule has 0 radical (unpaired) electrons. The van der Waals surface area contributed by atoms with Crippen LogP contribution in [0.1, 0.15) is 6.42 Å². The zero-order chi connectivity index (χ0) is 12.5. The van der Waals surface area contributed by atoms with Crippen LogP contribution in [0.5, 0.6) is 5.75 Å². The van der Waals surface area contributed by atoms with Crippen LogP contribution in [0.15, 0.2) is 17.2 Å². The van der Waals surface area contributed by atoms with E-state index in [4.69, 9.17) is 9.47 Å². The van der Waals surface area contributed by atoms with Gasteiger partial charge in [-0.05, 0) is 18.7 Å². The first-order chi connectivity index (χ1) is 8.83. The summed E-state index contributed by atoms with van der Waals surface area (Å²) in [4.78, 5) is 8.08. The lowest BCUT2D eigenvalue weighted by atomic mass is 10.1. The summed E-state index contributed by atoms with van der Waals surface area (Å²) < 4.78 is 11.2. The average Bonchev–Trinajstić information content (AvgIpc) is 2.81. The van der Waals surface area contributed by atoms with E-state index in [9.17, 15) is 0 Å². The quantitative estimate of drug-likeness (QED) is 0.782. The summed E-state index contributed by atoms with van der Waals surface area (Å²) in [6.07, 6.45) is 5.08. The van der Waals surface area contributed by atoms with Gasteiger partial charge in [0.05, 0.1) is 17.5 Å². The third-order valence-corrected chi connectivity index (χ3v) is 4.43. The molecule has 0 bridgehead atoms. The van der Waals surface area contributed by atoms with Gasteiger partial charge < -0.3 is 14.4 Å². The molecule has 0 aromatic carbocycles. The molecule has 0 amide bonds. The molecule has 1 aromatic heterocycles. The first-order valence-corrected chi connectivity index (χ1v) is 7.47. The SMILES string of the molecule is COCC1CC2COc3c(SC)ccnc3N2C1. The Hall–Kier alpha value is -0.940. The fourth-order valence-electron chi connectivity index (χ4n) is 2.89. The number of aromatic nitrogens is 1. The van der Waals surface area contributed by atoms with Gasteiger partial charge in [-0.1, -0.05) is 0 Å². The third-order valence-electron chi connectivity index (χ3n) is 3.67. The Labute approximate surface area is 112 Å². The van der Waals surface area contributed by atoms with Crippen LogP contribution in [0.3, 0.4) is 0 Å². The van der Waals surface area contributed by atoms with Gasteiger partial charge in [0, 0.05) is 25.8 Å². The number of thioether (sulfide) groups is 1. The molecule has 18 heavy (non-hydrogen) atoms. The summed E-state index contributed by atoms with van der Waals surface area (Å²) in [5.41, 5.74) is 0. The van der Waals surface area contributed by atoms with Crippen molar-refractivity contribution in [3.05, 3.63) is 12.3 Å². The van der Waals surface area contributed by atoms with E-state index < -0.39 is 0 Å². The number of ether oxygens (including phenoxy) is 2. The maximum atomic E-state index is 5.92. The molecule has 0 spiro atoms. The number of pyridine rings is 1. The highest BCUT2D eigenvalue weighted by Crippen LogP contribution is 2.42. The van der Waals surface area contributed by atoms with E-state index in [0.717, 1.165) is 37.7 Å². The number of nitrogens with zero attached hydrogens (tertiary/aromatic N) is 2. The molecule has 0 aliphatic carbocycles. The van der Waals surface area contributed by atoms with Gasteiger partial charge in [0.15, 0.2) is 11.6 Å². The van der Waals surface area contributed by atoms with Crippen LogP contribution in [0.2, 0.25) is 0 Å². The molecule has 98 valence electrons. The summed E-state index contributed by atoms with van der Waals surface area (Å²) >= 11 is 1.71. The summed E-state index contributed by atoms with van der Waals surface area (Å²) in [5.74, 6) is 2.56. The van der Waals surface area contributed by atoms with E-state index in [1.54, 1.807) is 18.9 Å². The topological polar surface area (TPSA) is 34.6 Å². The largest absolute Gasteiger partial charge is 0.486 e. The molecule has 4 nitrogen and oxygen atoms in total. The van der Waals surface area contributed by atoms with Crippen LogP contribution in [0, 0.1) is 5.92 Å². The molecule has 3 rings (SSSR count). The number of hydrogen-bond acceptors (Lipinski definition) is 5. The first kappa shape index (κ1) is 12.1. The van der Waals surface area contributed by atoms with Crippen molar-refractivity contribution in [1.29, 1.82) is 0 Å². The normalized spacial score (nSPS) is 25.6. The minimum Gasteiger partial charge on any atom is -0.486 e. The fraction of sp³-hybridized carbons (Fsp3) is 0.615. The van der Waals surface area contributed by atoms with Gasteiger partial charge in [-0.3, -0.25) is 0 Å². The van der Waals surface area contributed by atoms with Crippen molar-refractivity contribution in [2.24, 2.45) is 5.92 Å². The number of methoxy groups -OCH3 is 1. The highest BCUT2D eigenvalue weighted by molar-refractivity contribution is 7.98. The Kier molecular flexibility index (Phi) is 3.35. The maximum absolute atomic E-state index is 5.92. The standard InChI is InChI=1S/C13H18N2O2S/c1-16-7-9-5-10-8-17-12-11(18-2)3-4-14-13(12)15(10)6-9/h3-4,9-10H,5-8H2,1-2H3. The van der Waals surface area contributed by atoms with E-state index in [1.165, 1.54) is 4.90 Å². The van der Waals surface area contributed by atoms with Crippen molar-refractivity contribution in [1.82, 2.24) is 4.98 Å². The van der Waals surface area contributed by atoms with Gasteiger partial charge >= 0.3 is 0 Å². The number of rotatable bonds is 3. The van der Waals surface area contributed by atoms with Gasteiger partial charge in [-0.2, -0.15) is 0 Å². The summed E-state index contributed by atoms with van der Waals surface area (Å²) in [7, 11) is 1.77. The molecule has 2 aliphatic heterocycles. The lowest BCUT2D eigenvalue weighted by Crippen LogP contribution is -2.38. The molecule has 2 aliphatic rings. The van der Waals surface area contributed by atoms with Gasteiger partial charge in [0.2, 0.25) is 0 Å². The van der Waals surface area contributed by atoms with E-state index in [1.807, 2.05) is 12.3 Å². The number of fused-ring (bicyclic) bond motifs is 3. The summed E-state index contributed by atoms with van der Waals surface area (Å²) in [6.45, 7) is 2.62. The average molecular weight is 266 g/mol. The second-order valence-corrected chi connectivity index (χ2v) is 5.69. The number of hydrogen-bond donors (Lipinski definition) is 0. The molecular weight excluding hydrogens is 248 g/mol. The van der Waals surface area contributed by atoms with E-state index in [2.05, 4.69) is 16.1 Å². The minimum atomic E-state index is 0.460. The zero-order valence-electron chi connectivity index (χ0n) is 10.8. The molecule has 1 saturated heterocycles. The predicted octanol–water partition coefficient (Wildman–Crippen LogP) is 2.04. The maximum Gasteiger partial charge on any atom is 0.175 e. The molecule has 1 aromatic rings. The van der Waals surface area contributed by atoms with E-state index in [-0.39, 0.29) is 0 Å². The molecule has 2 unspecified atom stereocenters. The summed E-state index contributed by atoms with van der Waals surface area (Å²) in [6, 6.07) is 2.48. The van der Waals surface area contributed by atoms with Gasteiger partial charge in [-0.25, -0.2) is 4.98 Å². The Morgan fingerprint density at radius 3 is 3.28 bits per heavy atom. The second-order valence-electron chi connectivity index (χ2n) is 4.84. The first-order valence-electron chi connectivity index (χ1n) is 6.25. The Morgan fingerprint density at radius 2 is 2.50 bits per heavy atom. The Morgan fingerprint density at radius 1 is 1.61 bits per heavy atom. The minimum absolute atomic E-state index is 0.460. The highest BCUT2D eigenvalue weighted by Gasteiger charge is 2.38. The molecule has 3 heterocycles. The summed E-state index contributed by atoms with van der Waals surface area (Å²) in [5, 5.41) is 0. The van der Waals surface area contributed by atoms with Crippen molar-refractivity contribution in [2.45, 2.75) is 17.4 Å². The van der Waals surface area contributed by atoms with Gasteiger partial charge in [0.1, 0.15) is 6.61 Å². The van der Waals surface area contributed by atoms with E-state index >= 15 is 0 Å². The smallest absolute Gasteiger partial charge is 0.175 e. The monoisotopic (exact) mass is 266 g/mol. The van der Waals surface area contributed by atoms with Crippen molar-refractivity contribution in [3.8, 4) is 5.75 Å². The zero-order valence-corrected chi connectivity index (χ0v) is 11.6. The predicted molar refractivity (Wildman–Crippen MR) is 72.6 cm³/mol. The Balaban J connectivity index is 1.89. The lowest BCUT2D eigenvalue weighted by molar-refractivity contribution is 0.157.